The highest BCUT2D eigenvalue weighted by Gasteiger charge is 2.29. The average molecular weight is 519 g/mol. The summed E-state index contributed by atoms with van der Waals surface area (Å²) in [5, 5.41) is 6.38. The Hall–Kier alpha value is -3.62. The zero-order valence-corrected chi connectivity index (χ0v) is 22.4. The van der Waals surface area contributed by atoms with Crippen LogP contribution in [0.1, 0.15) is 43.4 Å². The molecule has 37 heavy (non-hydrogen) atoms. The van der Waals surface area contributed by atoms with Crippen LogP contribution in [0, 0.1) is 0 Å². The second-order valence-corrected chi connectivity index (χ2v) is 11.1. The topological polar surface area (TPSA) is 90.5 Å². The number of nitrogens with zero attached hydrogens (tertiary/aromatic N) is 1. The quantitative estimate of drug-likeness (QED) is 0.287. The van der Waals surface area contributed by atoms with Crippen LogP contribution >= 0.6 is 0 Å². The number of anilines is 3. The van der Waals surface area contributed by atoms with Gasteiger partial charge in [0.1, 0.15) is 0 Å². The maximum absolute atomic E-state index is 13.2. The van der Waals surface area contributed by atoms with Crippen LogP contribution in [0.4, 0.5) is 17.1 Å². The summed E-state index contributed by atoms with van der Waals surface area (Å²) in [6.07, 6.45) is 3.35. The SMILES string of the molecule is CCCN(CCC)Cc1ccc(N/C(=C2\C(=O)Nc3ccc(NS(C)(=O)=O)cc32)c2ccccc2)cc1. The van der Waals surface area contributed by atoms with E-state index in [9.17, 15) is 13.2 Å². The molecule has 4 rings (SSSR count). The minimum absolute atomic E-state index is 0.246. The number of benzene rings is 3. The molecule has 0 radical (unpaired) electrons. The van der Waals surface area contributed by atoms with Crippen LogP contribution in [0.3, 0.4) is 0 Å². The molecule has 0 bridgehead atoms. The summed E-state index contributed by atoms with van der Waals surface area (Å²) in [5.41, 5.74) is 5.73. The Labute approximate surface area is 219 Å². The highest BCUT2D eigenvalue weighted by molar-refractivity contribution is 7.92. The molecule has 7 nitrogen and oxygen atoms in total. The predicted octanol–water partition coefficient (Wildman–Crippen LogP) is 5.61. The van der Waals surface area contributed by atoms with Gasteiger partial charge < -0.3 is 10.6 Å². The monoisotopic (exact) mass is 518 g/mol. The fourth-order valence-corrected chi connectivity index (χ4v) is 5.13. The number of nitrogens with one attached hydrogen (secondary N) is 3. The van der Waals surface area contributed by atoms with E-state index in [1.807, 2.05) is 42.5 Å². The maximum Gasteiger partial charge on any atom is 0.258 e. The molecule has 0 spiro atoms. The lowest BCUT2D eigenvalue weighted by molar-refractivity contribution is -0.110. The smallest absolute Gasteiger partial charge is 0.258 e. The van der Waals surface area contributed by atoms with Crippen molar-refractivity contribution in [2.75, 3.05) is 34.7 Å². The lowest BCUT2D eigenvalue weighted by atomic mass is 9.99. The van der Waals surface area contributed by atoms with E-state index in [1.54, 1.807) is 18.2 Å². The lowest BCUT2D eigenvalue weighted by Gasteiger charge is -2.21. The second-order valence-electron chi connectivity index (χ2n) is 9.30. The molecule has 0 atom stereocenters. The number of fused-ring (bicyclic) bond motifs is 1. The van der Waals surface area contributed by atoms with Crippen LogP contribution in [-0.2, 0) is 21.4 Å². The Balaban J connectivity index is 1.70. The van der Waals surface area contributed by atoms with Crippen LogP contribution in [0.2, 0.25) is 0 Å². The van der Waals surface area contributed by atoms with Crippen molar-refractivity contribution in [2.24, 2.45) is 0 Å². The summed E-state index contributed by atoms with van der Waals surface area (Å²) in [7, 11) is -3.46. The van der Waals surface area contributed by atoms with Crippen LogP contribution in [0.15, 0.2) is 72.8 Å². The van der Waals surface area contributed by atoms with Crippen molar-refractivity contribution < 1.29 is 13.2 Å². The molecule has 1 aliphatic heterocycles. The van der Waals surface area contributed by atoms with Crippen molar-refractivity contribution in [3.05, 3.63) is 89.5 Å². The molecule has 3 aromatic rings. The Morgan fingerprint density at radius 2 is 1.54 bits per heavy atom. The van der Waals surface area contributed by atoms with Gasteiger partial charge in [0.25, 0.3) is 5.91 Å². The van der Waals surface area contributed by atoms with Crippen molar-refractivity contribution in [2.45, 2.75) is 33.2 Å². The van der Waals surface area contributed by atoms with E-state index in [-0.39, 0.29) is 5.91 Å². The second kappa shape index (κ2) is 11.6. The fourth-order valence-electron chi connectivity index (χ4n) is 4.58. The summed E-state index contributed by atoms with van der Waals surface area (Å²) in [4.78, 5) is 15.6. The lowest BCUT2D eigenvalue weighted by Crippen LogP contribution is -2.24. The van der Waals surface area contributed by atoms with E-state index in [4.69, 9.17) is 0 Å². The number of rotatable bonds is 11. The molecule has 194 valence electrons. The molecule has 0 unspecified atom stereocenters. The molecular formula is C29H34N4O3S. The average Bonchev–Trinajstić information content (AvgIpc) is 3.18. The van der Waals surface area contributed by atoms with Gasteiger partial charge in [0.05, 0.1) is 17.5 Å². The van der Waals surface area contributed by atoms with Gasteiger partial charge in [-0.3, -0.25) is 14.4 Å². The number of carbonyl (C=O) groups is 1. The first-order valence-corrected chi connectivity index (χ1v) is 14.5. The summed E-state index contributed by atoms with van der Waals surface area (Å²) in [5.74, 6) is -0.246. The van der Waals surface area contributed by atoms with Gasteiger partial charge in [0, 0.05) is 29.2 Å². The zero-order chi connectivity index (χ0) is 26.4. The highest BCUT2D eigenvalue weighted by Crippen LogP contribution is 2.39. The predicted molar refractivity (Wildman–Crippen MR) is 153 cm³/mol. The molecule has 8 heteroatoms. The minimum Gasteiger partial charge on any atom is -0.354 e. The molecule has 3 N–H and O–H groups in total. The van der Waals surface area contributed by atoms with E-state index < -0.39 is 10.0 Å². The molecule has 1 amide bonds. The number of amides is 1. The van der Waals surface area contributed by atoms with Crippen molar-refractivity contribution in [1.29, 1.82) is 0 Å². The van der Waals surface area contributed by atoms with Crippen LogP contribution in [0.5, 0.6) is 0 Å². The Morgan fingerprint density at radius 1 is 0.892 bits per heavy atom. The van der Waals surface area contributed by atoms with Gasteiger partial charge >= 0.3 is 0 Å². The minimum atomic E-state index is -3.46. The van der Waals surface area contributed by atoms with Crippen molar-refractivity contribution in [1.82, 2.24) is 4.90 Å². The van der Waals surface area contributed by atoms with Gasteiger partial charge in [0.15, 0.2) is 0 Å². The standard InChI is InChI=1S/C29H34N4O3S/c1-4-17-33(18-5-2)20-21-11-13-23(14-12-21)30-28(22-9-7-6-8-10-22)27-25-19-24(32-37(3,35)36)15-16-26(25)31-29(27)34/h6-16,19,30,32H,4-5,17-18,20H2,1-3H3,(H,31,34)/b28-27-. The summed E-state index contributed by atoms with van der Waals surface area (Å²) >= 11 is 0. The number of hydrogen-bond acceptors (Lipinski definition) is 5. The van der Waals surface area contributed by atoms with Crippen molar-refractivity contribution >= 4 is 44.3 Å². The first-order chi connectivity index (χ1) is 17.8. The van der Waals surface area contributed by atoms with Crippen LogP contribution in [-0.4, -0.2) is 38.6 Å². The molecular weight excluding hydrogens is 484 g/mol. The largest absolute Gasteiger partial charge is 0.354 e. The Morgan fingerprint density at radius 3 is 2.16 bits per heavy atom. The Kier molecular flexibility index (Phi) is 8.31. The molecule has 1 aliphatic rings. The van der Waals surface area contributed by atoms with E-state index >= 15 is 0 Å². The molecule has 0 aliphatic carbocycles. The van der Waals surface area contributed by atoms with E-state index in [0.29, 0.717) is 28.2 Å². The van der Waals surface area contributed by atoms with Gasteiger partial charge in [0.2, 0.25) is 10.0 Å². The van der Waals surface area contributed by atoms with E-state index in [0.717, 1.165) is 50.0 Å². The molecule has 0 saturated carbocycles. The first kappa shape index (κ1) is 26.4. The molecule has 1 heterocycles. The van der Waals surface area contributed by atoms with Crippen LogP contribution < -0.4 is 15.4 Å². The summed E-state index contributed by atoms with van der Waals surface area (Å²) in [6, 6.07) is 23.0. The third kappa shape index (κ3) is 6.78. The zero-order valence-electron chi connectivity index (χ0n) is 21.5. The van der Waals surface area contributed by atoms with Crippen molar-refractivity contribution in [3.63, 3.8) is 0 Å². The first-order valence-electron chi connectivity index (χ1n) is 12.6. The number of sulfonamides is 1. The number of hydrogen-bond donors (Lipinski definition) is 3. The van der Waals surface area contributed by atoms with Gasteiger partial charge in [-0.25, -0.2) is 8.42 Å². The molecule has 0 fully saturated rings. The van der Waals surface area contributed by atoms with Crippen LogP contribution in [0.25, 0.3) is 11.3 Å². The normalized spacial score (nSPS) is 14.3. The number of carbonyl (C=O) groups excluding carboxylic acids is 1. The van der Waals surface area contributed by atoms with Crippen molar-refractivity contribution in [3.8, 4) is 0 Å². The maximum atomic E-state index is 13.2. The summed E-state index contributed by atoms with van der Waals surface area (Å²) in [6.45, 7) is 7.45. The molecule has 0 aromatic heterocycles. The highest BCUT2D eigenvalue weighted by atomic mass is 32.2. The van der Waals surface area contributed by atoms with Gasteiger partial charge in [-0.1, -0.05) is 56.3 Å². The van der Waals surface area contributed by atoms with Gasteiger partial charge in [-0.2, -0.15) is 0 Å². The third-order valence-corrected chi connectivity index (χ3v) is 6.70. The van der Waals surface area contributed by atoms with E-state index in [2.05, 4.69) is 46.2 Å². The molecule has 3 aromatic carbocycles. The fraction of sp³-hybridized carbons (Fsp3) is 0.276. The third-order valence-electron chi connectivity index (χ3n) is 6.09. The van der Waals surface area contributed by atoms with E-state index in [1.165, 1.54) is 5.56 Å². The summed E-state index contributed by atoms with van der Waals surface area (Å²) < 4.78 is 26.1. The molecule has 0 saturated heterocycles. The van der Waals surface area contributed by atoms with Gasteiger partial charge in [-0.05, 0) is 67.4 Å². The van der Waals surface area contributed by atoms with Gasteiger partial charge in [-0.15, -0.1) is 0 Å². The Bertz CT molecular complexity index is 1380.